The number of benzene rings is 1. The smallest absolute Gasteiger partial charge is 0.137 e. The van der Waals surface area contributed by atoms with Crippen molar-refractivity contribution in [3.8, 4) is 5.75 Å². The summed E-state index contributed by atoms with van der Waals surface area (Å²) >= 11 is 0. The Labute approximate surface area is 116 Å². The van der Waals surface area contributed by atoms with Gasteiger partial charge < -0.3 is 9.53 Å². The third kappa shape index (κ3) is 5.03. The molecule has 0 radical (unpaired) electrons. The molecule has 1 aromatic rings. The Hall–Kier alpha value is -1.35. The van der Waals surface area contributed by atoms with E-state index in [-0.39, 0.29) is 12.1 Å². The van der Waals surface area contributed by atoms with E-state index >= 15 is 0 Å². The number of ether oxygens (including phenoxy) is 1. The molecule has 0 fully saturated rings. The fraction of sp³-hybridized carbons (Fsp3) is 0.562. The Kier molecular flexibility index (Phi) is 6.03. The molecule has 1 atom stereocenters. The Morgan fingerprint density at radius 1 is 1.16 bits per heavy atom. The van der Waals surface area contributed by atoms with Gasteiger partial charge in [0.2, 0.25) is 0 Å². The molecule has 0 spiro atoms. The van der Waals surface area contributed by atoms with E-state index < -0.39 is 0 Å². The Morgan fingerprint density at radius 3 is 2.16 bits per heavy atom. The second-order valence-corrected chi connectivity index (χ2v) is 5.48. The summed E-state index contributed by atoms with van der Waals surface area (Å²) in [5, 5.41) is 0. The van der Waals surface area contributed by atoms with Crippen LogP contribution in [0, 0.1) is 0 Å². The highest BCUT2D eigenvalue weighted by molar-refractivity contribution is 5.58. The van der Waals surface area contributed by atoms with Crippen LogP contribution in [0.4, 0.5) is 0 Å². The molecule has 106 valence electrons. The highest BCUT2D eigenvalue weighted by atomic mass is 16.5. The van der Waals surface area contributed by atoms with Gasteiger partial charge in [-0.05, 0) is 58.9 Å². The van der Waals surface area contributed by atoms with Crippen LogP contribution < -0.4 is 4.74 Å². The second-order valence-electron chi connectivity index (χ2n) is 5.48. The van der Waals surface area contributed by atoms with E-state index in [2.05, 4.69) is 18.7 Å². The van der Waals surface area contributed by atoms with Gasteiger partial charge in [0.25, 0.3) is 0 Å². The van der Waals surface area contributed by atoms with E-state index in [4.69, 9.17) is 4.74 Å². The fourth-order valence-corrected chi connectivity index (χ4v) is 1.89. The highest BCUT2D eigenvalue weighted by Gasteiger charge is 2.16. The predicted molar refractivity (Wildman–Crippen MR) is 78.7 cm³/mol. The standard InChI is InChI=1S/C16H25NO2/c1-12(2)17(5)15(11-18)10-14-6-8-16(9-7-14)19-13(3)4/h6-9,11-13,15H,10H2,1-5H3/t15-/m0/s1. The third-order valence-corrected chi connectivity index (χ3v) is 3.23. The maximum absolute atomic E-state index is 11.2. The number of likely N-dealkylation sites (N-methyl/N-ethyl adjacent to an activating group) is 1. The van der Waals surface area contributed by atoms with Gasteiger partial charge in [0.15, 0.2) is 0 Å². The lowest BCUT2D eigenvalue weighted by molar-refractivity contribution is -0.112. The van der Waals surface area contributed by atoms with Gasteiger partial charge in [-0.2, -0.15) is 0 Å². The van der Waals surface area contributed by atoms with Crippen molar-refractivity contribution in [2.75, 3.05) is 7.05 Å². The molecule has 0 saturated carbocycles. The van der Waals surface area contributed by atoms with Gasteiger partial charge >= 0.3 is 0 Å². The van der Waals surface area contributed by atoms with E-state index in [1.807, 2.05) is 45.2 Å². The minimum Gasteiger partial charge on any atom is -0.491 e. The van der Waals surface area contributed by atoms with Gasteiger partial charge in [0.05, 0.1) is 12.1 Å². The summed E-state index contributed by atoms with van der Waals surface area (Å²) in [6.07, 6.45) is 1.94. The Balaban J connectivity index is 2.68. The number of nitrogens with zero attached hydrogens (tertiary/aromatic N) is 1. The highest BCUT2D eigenvalue weighted by Crippen LogP contribution is 2.16. The minimum atomic E-state index is -0.0723. The van der Waals surface area contributed by atoms with E-state index in [1.165, 1.54) is 0 Å². The number of aldehydes is 1. The van der Waals surface area contributed by atoms with Crippen molar-refractivity contribution < 1.29 is 9.53 Å². The zero-order valence-corrected chi connectivity index (χ0v) is 12.6. The molecule has 0 amide bonds. The minimum absolute atomic E-state index is 0.0723. The monoisotopic (exact) mass is 263 g/mol. The fourth-order valence-electron chi connectivity index (χ4n) is 1.89. The SMILES string of the molecule is CC(C)Oc1ccc(C[C@@H](C=O)N(C)C(C)C)cc1. The van der Waals surface area contributed by atoms with E-state index in [0.717, 1.165) is 24.0 Å². The van der Waals surface area contributed by atoms with Gasteiger partial charge in [0.1, 0.15) is 12.0 Å². The summed E-state index contributed by atoms with van der Waals surface area (Å²) in [6.45, 7) is 8.20. The molecule has 0 N–H and O–H groups in total. The van der Waals surface area contributed by atoms with Crippen molar-refractivity contribution >= 4 is 6.29 Å². The molecule has 0 saturated heterocycles. The molecule has 3 nitrogen and oxygen atoms in total. The van der Waals surface area contributed by atoms with E-state index in [9.17, 15) is 4.79 Å². The molecule has 0 aliphatic heterocycles. The van der Waals surface area contributed by atoms with Gasteiger partial charge in [-0.1, -0.05) is 12.1 Å². The molecule has 0 aromatic heterocycles. The van der Waals surface area contributed by atoms with Crippen LogP contribution in [-0.2, 0) is 11.2 Å². The first-order valence-corrected chi connectivity index (χ1v) is 6.87. The first-order valence-electron chi connectivity index (χ1n) is 6.87. The molecule has 1 rings (SSSR count). The number of hydrogen-bond donors (Lipinski definition) is 0. The predicted octanol–water partition coefficient (Wildman–Crippen LogP) is 2.92. The van der Waals surface area contributed by atoms with Crippen LogP contribution in [0.3, 0.4) is 0 Å². The van der Waals surface area contributed by atoms with Crippen LogP contribution in [0.1, 0.15) is 33.3 Å². The van der Waals surface area contributed by atoms with Crippen LogP contribution in [0.25, 0.3) is 0 Å². The van der Waals surface area contributed by atoms with E-state index in [0.29, 0.717) is 6.04 Å². The molecular formula is C16H25NO2. The van der Waals surface area contributed by atoms with Crippen LogP contribution >= 0.6 is 0 Å². The molecule has 0 aliphatic carbocycles. The van der Waals surface area contributed by atoms with Crippen molar-refractivity contribution in [3.05, 3.63) is 29.8 Å². The summed E-state index contributed by atoms with van der Waals surface area (Å²) in [5.74, 6) is 0.874. The zero-order chi connectivity index (χ0) is 14.4. The maximum atomic E-state index is 11.2. The number of rotatable bonds is 7. The van der Waals surface area contributed by atoms with Crippen molar-refractivity contribution in [3.63, 3.8) is 0 Å². The zero-order valence-electron chi connectivity index (χ0n) is 12.6. The Morgan fingerprint density at radius 2 is 1.74 bits per heavy atom. The summed E-state index contributed by atoms with van der Waals surface area (Å²) in [6, 6.07) is 8.28. The summed E-state index contributed by atoms with van der Waals surface area (Å²) in [4.78, 5) is 13.3. The van der Waals surface area contributed by atoms with Gasteiger partial charge in [-0.3, -0.25) is 4.90 Å². The molecule has 0 unspecified atom stereocenters. The molecule has 19 heavy (non-hydrogen) atoms. The van der Waals surface area contributed by atoms with Gasteiger partial charge in [-0.15, -0.1) is 0 Å². The van der Waals surface area contributed by atoms with Crippen molar-refractivity contribution in [2.45, 2.75) is 52.3 Å². The topological polar surface area (TPSA) is 29.5 Å². The lowest BCUT2D eigenvalue weighted by Gasteiger charge is -2.27. The third-order valence-electron chi connectivity index (χ3n) is 3.23. The molecule has 0 bridgehead atoms. The number of carbonyl (C=O) groups is 1. The molecule has 0 heterocycles. The first kappa shape index (κ1) is 15.7. The lowest BCUT2D eigenvalue weighted by Crippen LogP contribution is -2.39. The first-order chi connectivity index (χ1) is 8.93. The van der Waals surface area contributed by atoms with Crippen molar-refractivity contribution in [1.82, 2.24) is 4.90 Å². The van der Waals surface area contributed by atoms with Crippen molar-refractivity contribution in [2.24, 2.45) is 0 Å². The molecule has 3 heteroatoms. The molecule has 0 aliphatic rings. The summed E-state index contributed by atoms with van der Waals surface area (Å²) < 4.78 is 5.61. The summed E-state index contributed by atoms with van der Waals surface area (Å²) in [5.41, 5.74) is 1.15. The summed E-state index contributed by atoms with van der Waals surface area (Å²) in [7, 11) is 1.99. The molecule has 1 aromatic carbocycles. The van der Waals surface area contributed by atoms with Gasteiger partial charge in [0, 0.05) is 6.04 Å². The van der Waals surface area contributed by atoms with E-state index in [1.54, 1.807) is 0 Å². The Bertz CT molecular complexity index is 384. The van der Waals surface area contributed by atoms with Crippen LogP contribution in [-0.4, -0.2) is 36.4 Å². The van der Waals surface area contributed by atoms with Crippen LogP contribution in [0.2, 0.25) is 0 Å². The molecular weight excluding hydrogens is 238 g/mol. The quantitative estimate of drug-likeness (QED) is 0.708. The average molecular weight is 263 g/mol. The lowest BCUT2D eigenvalue weighted by atomic mass is 10.0. The number of hydrogen-bond acceptors (Lipinski definition) is 3. The van der Waals surface area contributed by atoms with Gasteiger partial charge in [-0.25, -0.2) is 0 Å². The average Bonchev–Trinajstić information content (AvgIpc) is 2.36. The largest absolute Gasteiger partial charge is 0.491 e. The number of carbonyl (C=O) groups excluding carboxylic acids is 1. The maximum Gasteiger partial charge on any atom is 0.137 e. The van der Waals surface area contributed by atoms with Crippen LogP contribution in [0.15, 0.2) is 24.3 Å². The van der Waals surface area contributed by atoms with Crippen LogP contribution in [0.5, 0.6) is 5.75 Å². The second kappa shape index (κ2) is 7.29. The normalized spacial score (nSPS) is 13.1. The van der Waals surface area contributed by atoms with Crippen molar-refractivity contribution in [1.29, 1.82) is 0 Å².